The Kier molecular flexibility index (Phi) is 10.6. The Morgan fingerprint density at radius 3 is 2.21 bits per heavy atom. The molecule has 266 valence electrons. The second-order valence-corrected chi connectivity index (χ2v) is 14.8. The van der Waals surface area contributed by atoms with Gasteiger partial charge in [0.15, 0.2) is 0 Å². The SMILES string of the molecule is CCCCCCc1c(-c2ccc(CCC)cc2)c(C(C)C)nn1-c1cccc(Oc2ccc3c4ccccc4n(-c4cc(C(C)C)ccn4)c3c2)c1. The molecular formula is C47H52N4O. The summed E-state index contributed by atoms with van der Waals surface area (Å²) in [5, 5.41) is 7.72. The molecule has 52 heavy (non-hydrogen) atoms. The first-order valence-corrected chi connectivity index (χ1v) is 19.3. The summed E-state index contributed by atoms with van der Waals surface area (Å²) in [7, 11) is 0. The predicted molar refractivity (Wildman–Crippen MR) is 218 cm³/mol. The minimum absolute atomic E-state index is 0.287. The predicted octanol–water partition coefficient (Wildman–Crippen LogP) is 13.1. The van der Waals surface area contributed by atoms with Crippen molar-refractivity contribution in [2.24, 2.45) is 0 Å². The molecule has 3 aromatic heterocycles. The Morgan fingerprint density at radius 2 is 1.44 bits per heavy atom. The number of nitrogens with zero attached hydrogens (tertiary/aromatic N) is 4. The summed E-state index contributed by atoms with van der Waals surface area (Å²) in [5.74, 6) is 3.17. The first kappa shape index (κ1) is 35.3. The van der Waals surface area contributed by atoms with Crippen LogP contribution in [0.4, 0.5) is 0 Å². The third-order valence-corrected chi connectivity index (χ3v) is 10.2. The van der Waals surface area contributed by atoms with Crippen molar-refractivity contribution in [3.05, 3.63) is 132 Å². The average Bonchev–Trinajstić information content (AvgIpc) is 3.70. The van der Waals surface area contributed by atoms with Gasteiger partial charge in [-0.05, 0) is 90.3 Å². The first-order valence-electron chi connectivity index (χ1n) is 19.3. The number of hydrogen-bond acceptors (Lipinski definition) is 3. The highest BCUT2D eigenvalue weighted by molar-refractivity contribution is 6.09. The van der Waals surface area contributed by atoms with E-state index in [2.05, 4.69) is 148 Å². The maximum Gasteiger partial charge on any atom is 0.137 e. The second kappa shape index (κ2) is 15.6. The summed E-state index contributed by atoms with van der Waals surface area (Å²) in [6, 6.07) is 36.9. The Balaban J connectivity index is 1.29. The molecule has 0 saturated heterocycles. The molecule has 0 fully saturated rings. The van der Waals surface area contributed by atoms with Crippen molar-refractivity contribution >= 4 is 21.8 Å². The lowest BCUT2D eigenvalue weighted by Crippen LogP contribution is -2.04. The summed E-state index contributed by atoms with van der Waals surface area (Å²) in [4.78, 5) is 4.83. The number of fused-ring (bicyclic) bond motifs is 3. The van der Waals surface area contributed by atoms with Gasteiger partial charge in [-0.15, -0.1) is 0 Å². The second-order valence-electron chi connectivity index (χ2n) is 14.8. The molecule has 0 aliphatic carbocycles. The number of aryl methyl sites for hydroxylation is 1. The van der Waals surface area contributed by atoms with E-state index >= 15 is 0 Å². The third-order valence-electron chi connectivity index (χ3n) is 10.2. The molecule has 5 nitrogen and oxygen atoms in total. The largest absolute Gasteiger partial charge is 0.457 e. The van der Waals surface area contributed by atoms with Crippen molar-refractivity contribution in [1.29, 1.82) is 0 Å². The van der Waals surface area contributed by atoms with Gasteiger partial charge >= 0.3 is 0 Å². The van der Waals surface area contributed by atoms with Gasteiger partial charge in [0, 0.05) is 34.7 Å². The van der Waals surface area contributed by atoms with Crippen LogP contribution in [-0.4, -0.2) is 19.3 Å². The number of rotatable bonds is 14. The lowest BCUT2D eigenvalue weighted by molar-refractivity contribution is 0.482. The number of aromatic nitrogens is 4. The highest BCUT2D eigenvalue weighted by Gasteiger charge is 2.23. The summed E-state index contributed by atoms with van der Waals surface area (Å²) < 4.78 is 11.1. The Labute approximate surface area is 309 Å². The van der Waals surface area contributed by atoms with Gasteiger partial charge < -0.3 is 4.74 Å². The van der Waals surface area contributed by atoms with Crippen molar-refractivity contribution < 1.29 is 4.74 Å². The zero-order chi connectivity index (χ0) is 36.2. The Morgan fingerprint density at radius 1 is 0.654 bits per heavy atom. The van der Waals surface area contributed by atoms with Crippen LogP contribution in [0.25, 0.3) is 44.4 Å². The van der Waals surface area contributed by atoms with Crippen LogP contribution in [0.5, 0.6) is 11.5 Å². The molecule has 0 aliphatic rings. The summed E-state index contributed by atoms with van der Waals surface area (Å²) in [6.07, 6.45) is 9.96. The molecule has 0 spiro atoms. The number of ether oxygens (including phenoxy) is 1. The van der Waals surface area contributed by atoms with Gasteiger partial charge in [0.25, 0.3) is 0 Å². The summed E-state index contributed by atoms with van der Waals surface area (Å²) in [6.45, 7) is 13.5. The van der Waals surface area contributed by atoms with E-state index in [-0.39, 0.29) is 5.92 Å². The Bertz CT molecular complexity index is 2290. The van der Waals surface area contributed by atoms with E-state index in [4.69, 9.17) is 14.8 Å². The van der Waals surface area contributed by atoms with Crippen LogP contribution < -0.4 is 4.74 Å². The molecule has 0 amide bonds. The van der Waals surface area contributed by atoms with Crippen LogP contribution in [-0.2, 0) is 12.8 Å². The van der Waals surface area contributed by atoms with E-state index in [1.807, 2.05) is 12.3 Å². The summed E-state index contributed by atoms with van der Waals surface area (Å²) >= 11 is 0. The van der Waals surface area contributed by atoms with Crippen molar-refractivity contribution in [1.82, 2.24) is 19.3 Å². The zero-order valence-electron chi connectivity index (χ0n) is 31.7. The highest BCUT2D eigenvalue weighted by atomic mass is 16.5. The Hall–Kier alpha value is -5.16. The molecule has 3 heterocycles. The smallest absolute Gasteiger partial charge is 0.137 e. The molecule has 4 aromatic carbocycles. The fourth-order valence-corrected chi connectivity index (χ4v) is 7.47. The molecule has 7 rings (SSSR count). The van der Waals surface area contributed by atoms with Gasteiger partial charge in [0.2, 0.25) is 0 Å². The van der Waals surface area contributed by atoms with Crippen LogP contribution in [0, 0.1) is 0 Å². The maximum atomic E-state index is 6.68. The van der Waals surface area contributed by atoms with Crippen molar-refractivity contribution in [3.63, 3.8) is 0 Å². The molecule has 0 unspecified atom stereocenters. The molecule has 0 aliphatic heterocycles. The van der Waals surface area contributed by atoms with E-state index < -0.39 is 0 Å². The maximum absolute atomic E-state index is 6.68. The number of unbranched alkanes of at least 4 members (excludes halogenated alkanes) is 3. The molecular weight excluding hydrogens is 637 g/mol. The zero-order valence-corrected chi connectivity index (χ0v) is 31.7. The third kappa shape index (κ3) is 7.14. The van der Waals surface area contributed by atoms with Crippen molar-refractivity contribution in [2.45, 2.75) is 98.3 Å². The van der Waals surface area contributed by atoms with Gasteiger partial charge in [-0.1, -0.05) is 116 Å². The van der Waals surface area contributed by atoms with Crippen LogP contribution in [0.3, 0.4) is 0 Å². The van der Waals surface area contributed by atoms with Crippen molar-refractivity contribution in [3.8, 4) is 34.1 Å². The van der Waals surface area contributed by atoms with Gasteiger partial charge in [0.05, 0.1) is 28.1 Å². The molecule has 5 heteroatoms. The molecule has 0 bridgehead atoms. The van der Waals surface area contributed by atoms with Gasteiger partial charge in [0.1, 0.15) is 17.3 Å². The number of para-hydroxylation sites is 1. The molecule has 0 N–H and O–H groups in total. The monoisotopic (exact) mass is 688 g/mol. The standard InChI is InChI=1S/C47H52N4O/c1-7-9-10-11-20-43-46(35-23-21-34(15-8-2)22-24-35)47(33(5)6)49-51(43)37-16-14-17-38(30-37)52-39-25-26-41-40-18-12-13-19-42(40)50(44(41)31-39)45-29-36(32(3)4)27-28-48-45/h12-14,16-19,21-33H,7-11,15,20H2,1-6H3. The fourth-order valence-electron chi connectivity index (χ4n) is 7.47. The first-order chi connectivity index (χ1) is 25.4. The van der Waals surface area contributed by atoms with Crippen LogP contribution in [0.1, 0.15) is 108 Å². The van der Waals surface area contributed by atoms with Crippen LogP contribution in [0.15, 0.2) is 109 Å². The molecule has 0 radical (unpaired) electrons. The van der Waals surface area contributed by atoms with Crippen LogP contribution in [0.2, 0.25) is 0 Å². The van der Waals surface area contributed by atoms with Gasteiger partial charge in [-0.25, -0.2) is 9.67 Å². The van der Waals surface area contributed by atoms with E-state index in [9.17, 15) is 0 Å². The number of pyridine rings is 1. The topological polar surface area (TPSA) is 44.9 Å². The average molecular weight is 689 g/mol. The lowest BCUT2D eigenvalue weighted by atomic mass is 9.94. The molecule has 7 aromatic rings. The van der Waals surface area contributed by atoms with Gasteiger partial charge in [-0.3, -0.25) is 4.57 Å². The molecule has 0 saturated carbocycles. The molecule has 0 atom stereocenters. The quantitative estimate of drug-likeness (QED) is 0.107. The minimum Gasteiger partial charge on any atom is -0.457 e. The highest BCUT2D eigenvalue weighted by Crippen LogP contribution is 2.38. The summed E-state index contributed by atoms with van der Waals surface area (Å²) in [5.41, 5.74) is 10.8. The van der Waals surface area contributed by atoms with E-state index in [0.29, 0.717) is 5.92 Å². The number of benzene rings is 4. The van der Waals surface area contributed by atoms with E-state index in [1.165, 1.54) is 58.0 Å². The minimum atomic E-state index is 0.287. The normalized spacial score (nSPS) is 11.8. The fraction of sp³-hybridized carbons (Fsp3) is 0.319. The van der Waals surface area contributed by atoms with Gasteiger partial charge in [-0.2, -0.15) is 5.10 Å². The van der Waals surface area contributed by atoms with Crippen LogP contribution >= 0.6 is 0 Å². The van der Waals surface area contributed by atoms with E-state index in [1.54, 1.807) is 0 Å². The lowest BCUT2D eigenvalue weighted by Gasteiger charge is -2.13. The van der Waals surface area contributed by atoms with Crippen molar-refractivity contribution in [2.75, 3.05) is 0 Å². The van der Waals surface area contributed by atoms with E-state index in [0.717, 1.165) is 65.4 Å². The number of hydrogen-bond donors (Lipinski definition) is 0.